The molecule has 0 aromatic rings. The average Bonchev–Trinajstić information content (AvgIpc) is 3.43. The Hall–Kier alpha value is -3.42. The van der Waals surface area contributed by atoms with Gasteiger partial charge in [-0.2, -0.15) is 0 Å². The Morgan fingerprint density at radius 1 is 1.31 bits per heavy atom. The molecule has 1 saturated heterocycles. The first-order valence-electron chi connectivity index (χ1n) is 14.4. The van der Waals surface area contributed by atoms with Crippen molar-refractivity contribution in [1.29, 1.82) is 0 Å². The van der Waals surface area contributed by atoms with Gasteiger partial charge in [-0.25, -0.2) is 8.42 Å². The zero-order valence-corrected chi connectivity index (χ0v) is 25.0. The lowest BCUT2D eigenvalue weighted by molar-refractivity contribution is -0.120. The molecule has 2 atom stereocenters. The highest BCUT2D eigenvalue weighted by molar-refractivity contribution is 7.90. The number of nitrogens with one attached hydrogen (secondary N) is 2. The van der Waals surface area contributed by atoms with Crippen LogP contribution in [0.2, 0.25) is 0 Å². The van der Waals surface area contributed by atoms with E-state index in [4.69, 9.17) is 23.9 Å². The van der Waals surface area contributed by atoms with Crippen LogP contribution in [0, 0.1) is 5.92 Å². The number of carbonyl (C=O) groups is 1. The van der Waals surface area contributed by atoms with Crippen molar-refractivity contribution >= 4 is 27.8 Å². The van der Waals surface area contributed by atoms with Gasteiger partial charge in [0.1, 0.15) is 27.6 Å². The lowest BCUT2D eigenvalue weighted by Crippen LogP contribution is -2.44. The molecule has 0 radical (unpaired) electrons. The Balaban J connectivity index is 1.39. The first-order chi connectivity index (χ1) is 20.3. The topological polar surface area (TPSA) is 140 Å². The largest absolute Gasteiger partial charge is 0.478 e. The number of ether oxygens (including phenoxy) is 4. The van der Waals surface area contributed by atoms with Crippen LogP contribution in [0.4, 0.5) is 0 Å². The summed E-state index contributed by atoms with van der Waals surface area (Å²) in [5.74, 6) is 2.75. The highest BCUT2D eigenvalue weighted by atomic mass is 32.2. The monoisotopic (exact) mass is 601 g/mol. The van der Waals surface area contributed by atoms with Gasteiger partial charge in [0.25, 0.3) is 0 Å². The van der Waals surface area contributed by atoms with Crippen LogP contribution >= 0.6 is 0 Å². The number of hydrogen-bond acceptors (Lipinski definition) is 11. The molecular weight excluding hydrogens is 562 g/mol. The van der Waals surface area contributed by atoms with E-state index in [-0.39, 0.29) is 31.0 Å². The molecule has 2 bridgehead atoms. The second-order valence-electron chi connectivity index (χ2n) is 10.9. The Labute approximate surface area is 246 Å². The zero-order chi connectivity index (χ0) is 29.5. The molecule has 228 valence electrons. The van der Waals surface area contributed by atoms with Crippen LogP contribution in [0.1, 0.15) is 39.0 Å². The van der Waals surface area contributed by atoms with Gasteiger partial charge in [0.2, 0.25) is 11.8 Å². The van der Waals surface area contributed by atoms with Crippen LogP contribution < -0.4 is 10.6 Å². The molecule has 5 rings (SSSR count). The average molecular weight is 602 g/mol. The van der Waals surface area contributed by atoms with Crippen molar-refractivity contribution in [3.63, 3.8) is 0 Å². The standard InChI is InChI=1S/C29H39N5O7S/c1-20-5-3-10-30-16-21-6-7-23-28(41-19-40-23)27(21)34-26(39-12-4-11-31-25(35)9-14-42(2,36)37)15-24-32-17-22(29(34)33-24)8-13-38-18-20/h3,6,10,15-16,20,23H,4-5,7-9,11-14,17-19H2,1-2H3,(H,31,35)(H,32,33). The molecule has 12 nitrogen and oxygen atoms in total. The molecule has 4 aliphatic heterocycles. The van der Waals surface area contributed by atoms with E-state index in [0.717, 1.165) is 41.1 Å². The van der Waals surface area contributed by atoms with Crippen LogP contribution in [0.25, 0.3) is 0 Å². The highest BCUT2D eigenvalue weighted by Crippen LogP contribution is 2.39. The van der Waals surface area contributed by atoms with E-state index >= 15 is 0 Å². The number of carbonyl (C=O) groups excluding carboxylic acids is 1. The minimum absolute atomic E-state index is 0.0598. The number of fused-ring (bicyclic) bond motifs is 4. The first kappa shape index (κ1) is 30.1. The Bertz CT molecular complexity index is 1380. The number of rotatable bonds is 8. The fraction of sp³-hybridized carbons (Fsp3) is 0.552. The van der Waals surface area contributed by atoms with Gasteiger partial charge in [0.15, 0.2) is 12.6 Å². The summed E-state index contributed by atoms with van der Waals surface area (Å²) in [7, 11) is -3.19. The fourth-order valence-electron chi connectivity index (χ4n) is 5.06. The quantitative estimate of drug-likeness (QED) is 0.401. The summed E-state index contributed by atoms with van der Waals surface area (Å²) < 4.78 is 46.9. The summed E-state index contributed by atoms with van der Waals surface area (Å²) in [6.07, 6.45) is 13.3. The summed E-state index contributed by atoms with van der Waals surface area (Å²) in [5.41, 5.74) is 2.77. The fourth-order valence-corrected chi connectivity index (χ4v) is 5.61. The summed E-state index contributed by atoms with van der Waals surface area (Å²) in [6, 6.07) is 0. The summed E-state index contributed by atoms with van der Waals surface area (Å²) in [4.78, 5) is 23.4. The van der Waals surface area contributed by atoms with Gasteiger partial charge < -0.3 is 29.6 Å². The molecule has 2 N–H and O–H groups in total. The Kier molecular flexibility index (Phi) is 9.80. The van der Waals surface area contributed by atoms with Crippen LogP contribution in [-0.4, -0.2) is 89.1 Å². The second-order valence-corrected chi connectivity index (χ2v) is 13.1. The van der Waals surface area contributed by atoms with E-state index in [0.29, 0.717) is 69.8 Å². The van der Waals surface area contributed by atoms with Crippen LogP contribution in [0.3, 0.4) is 0 Å². The molecule has 1 fully saturated rings. The molecule has 1 aliphatic carbocycles. The third-order valence-corrected chi connectivity index (χ3v) is 8.22. The summed E-state index contributed by atoms with van der Waals surface area (Å²) in [6.45, 7) is 4.77. The molecule has 1 amide bonds. The predicted octanol–water partition coefficient (Wildman–Crippen LogP) is 2.26. The predicted molar refractivity (Wildman–Crippen MR) is 158 cm³/mol. The van der Waals surface area contributed by atoms with Crippen LogP contribution in [-0.2, 0) is 33.6 Å². The smallest absolute Gasteiger partial charge is 0.221 e. The van der Waals surface area contributed by atoms with Crippen molar-refractivity contribution in [2.75, 3.05) is 51.7 Å². The molecule has 42 heavy (non-hydrogen) atoms. The Morgan fingerprint density at radius 3 is 3.05 bits per heavy atom. The van der Waals surface area contributed by atoms with Crippen molar-refractivity contribution in [1.82, 2.24) is 15.5 Å². The number of sulfone groups is 1. The van der Waals surface area contributed by atoms with Crippen molar-refractivity contribution in [3.05, 3.63) is 58.7 Å². The number of allylic oxidation sites excluding steroid dienone is 2. The van der Waals surface area contributed by atoms with Crippen LogP contribution in [0.15, 0.2) is 68.7 Å². The summed E-state index contributed by atoms with van der Waals surface area (Å²) >= 11 is 0. The molecule has 2 unspecified atom stereocenters. The number of amides is 1. The maximum atomic E-state index is 12.0. The van der Waals surface area contributed by atoms with E-state index in [1.54, 1.807) is 0 Å². The number of nitrogens with zero attached hydrogens (tertiary/aromatic N) is 3. The van der Waals surface area contributed by atoms with Gasteiger partial charge in [-0.15, -0.1) is 0 Å². The third-order valence-electron chi connectivity index (χ3n) is 7.27. The summed E-state index contributed by atoms with van der Waals surface area (Å²) in [5, 5.41) is 6.23. The zero-order valence-electron chi connectivity index (χ0n) is 24.1. The lowest BCUT2D eigenvalue weighted by Gasteiger charge is -2.39. The minimum Gasteiger partial charge on any atom is -0.478 e. The van der Waals surface area contributed by atoms with Crippen molar-refractivity contribution in [2.24, 2.45) is 15.9 Å². The molecule has 4 heterocycles. The van der Waals surface area contributed by atoms with Gasteiger partial charge in [0, 0.05) is 56.3 Å². The van der Waals surface area contributed by atoms with E-state index in [1.807, 2.05) is 23.4 Å². The third kappa shape index (κ3) is 7.69. The van der Waals surface area contributed by atoms with Crippen molar-refractivity contribution in [3.8, 4) is 0 Å². The molecule has 0 spiro atoms. The lowest BCUT2D eigenvalue weighted by atomic mass is 9.97. The van der Waals surface area contributed by atoms with E-state index in [9.17, 15) is 13.2 Å². The van der Waals surface area contributed by atoms with E-state index in [2.05, 4.69) is 34.7 Å². The number of amidine groups is 1. The molecule has 5 aliphatic rings. The van der Waals surface area contributed by atoms with Gasteiger partial charge in [0.05, 0.1) is 31.2 Å². The van der Waals surface area contributed by atoms with E-state index in [1.165, 1.54) is 0 Å². The minimum atomic E-state index is -3.19. The maximum absolute atomic E-state index is 12.0. The van der Waals surface area contributed by atoms with Gasteiger partial charge in [-0.05, 0) is 30.8 Å². The molecule has 13 heteroatoms. The van der Waals surface area contributed by atoms with Gasteiger partial charge in [-0.1, -0.05) is 19.1 Å². The maximum Gasteiger partial charge on any atom is 0.221 e. The van der Waals surface area contributed by atoms with Gasteiger partial charge in [-0.3, -0.25) is 19.7 Å². The number of hydrogen-bond donors (Lipinski definition) is 2. The molecule has 0 aromatic carbocycles. The SMILES string of the molecule is CC1CC=CN=CC2=CCC3OCOC3=C2N2C(OCCCNC(=O)CCS(C)(=O)=O)=CC3=NCC(=C2N3)CCOC1. The number of aliphatic imine (C=N–C) groups is 2. The van der Waals surface area contributed by atoms with Crippen molar-refractivity contribution in [2.45, 2.75) is 45.1 Å². The molecular formula is C29H39N5O7S. The van der Waals surface area contributed by atoms with Crippen molar-refractivity contribution < 1.29 is 32.2 Å². The van der Waals surface area contributed by atoms with Gasteiger partial charge >= 0.3 is 0 Å². The normalized spacial score (nSPS) is 24.2. The van der Waals surface area contributed by atoms with E-state index < -0.39 is 9.84 Å². The second kappa shape index (κ2) is 13.7. The highest BCUT2D eigenvalue weighted by Gasteiger charge is 2.39. The first-order valence-corrected chi connectivity index (χ1v) is 16.4. The molecule has 0 saturated carbocycles. The molecule has 0 aromatic heterocycles. The Morgan fingerprint density at radius 2 is 2.19 bits per heavy atom. The van der Waals surface area contributed by atoms with Crippen LogP contribution in [0.5, 0.6) is 0 Å².